The third-order valence-electron chi connectivity index (χ3n) is 1.42. The highest BCUT2D eigenvalue weighted by molar-refractivity contribution is 14.1. The van der Waals surface area contributed by atoms with Crippen LogP contribution in [0.25, 0.3) is 0 Å². The number of H-pyrrole nitrogens is 1. The fourth-order valence-electron chi connectivity index (χ4n) is 0.868. The van der Waals surface area contributed by atoms with Crippen LogP contribution in [-0.4, -0.2) is 18.7 Å². The Morgan fingerprint density at radius 2 is 2.55 bits per heavy atom. The zero-order chi connectivity index (χ0) is 8.27. The van der Waals surface area contributed by atoms with E-state index in [9.17, 15) is 0 Å². The normalized spacial score (nSPS) is 13.4. The van der Waals surface area contributed by atoms with E-state index in [0.717, 1.165) is 5.69 Å². The second-order valence-corrected chi connectivity index (χ2v) is 3.58. The molecule has 1 atom stereocenters. The summed E-state index contributed by atoms with van der Waals surface area (Å²) in [4.78, 5) is 3.08. The van der Waals surface area contributed by atoms with Crippen molar-refractivity contribution in [2.75, 3.05) is 13.7 Å². The number of methoxy groups -OCH3 is 1. The minimum absolute atomic E-state index is 0.0384. The number of hydrogen-bond acceptors (Lipinski definition) is 2. The molecular weight excluding hydrogens is 255 g/mol. The first kappa shape index (κ1) is 9.02. The van der Waals surface area contributed by atoms with Crippen molar-refractivity contribution in [2.24, 2.45) is 5.73 Å². The van der Waals surface area contributed by atoms with Gasteiger partial charge in [0, 0.05) is 22.6 Å². The van der Waals surface area contributed by atoms with Crippen LogP contribution in [0.4, 0.5) is 0 Å². The van der Waals surface area contributed by atoms with Gasteiger partial charge in [-0.1, -0.05) is 0 Å². The molecule has 0 bridgehead atoms. The summed E-state index contributed by atoms with van der Waals surface area (Å²) in [5, 5.41) is 0. The molecule has 0 radical (unpaired) electrons. The molecular formula is C7H11IN2O. The van der Waals surface area contributed by atoms with Crippen molar-refractivity contribution < 1.29 is 4.74 Å². The van der Waals surface area contributed by atoms with Gasteiger partial charge >= 0.3 is 0 Å². The molecule has 1 aromatic heterocycles. The molecule has 3 nitrogen and oxygen atoms in total. The van der Waals surface area contributed by atoms with E-state index in [1.165, 1.54) is 3.57 Å². The number of nitrogens with two attached hydrogens (primary N) is 1. The van der Waals surface area contributed by atoms with Crippen LogP contribution in [-0.2, 0) is 4.74 Å². The van der Waals surface area contributed by atoms with Crippen LogP contribution < -0.4 is 5.73 Å². The lowest BCUT2D eigenvalue weighted by molar-refractivity contribution is 0.180. The van der Waals surface area contributed by atoms with Crippen molar-refractivity contribution in [1.29, 1.82) is 0 Å². The molecule has 0 aliphatic rings. The Morgan fingerprint density at radius 3 is 3.00 bits per heavy atom. The molecule has 0 saturated carbocycles. The Hall–Kier alpha value is -0.0700. The summed E-state index contributed by atoms with van der Waals surface area (Å²) in [5.74, 6) is 0. The maximum absolute atomic E-state index is 5.76. The van der Waals surface area contributed by atoms with Crippen LogP contribution >= 0.6 is 22.6 Å². The van der Waals surface area contributed by atoms with Crippen molar-refractivity contribution in [2.45, 2.75) is 6.04 Å². The topological polar surface area (TPSA) is 51.0 Å². The molecule has 1 heterocycles. The Bertz CT molecular complexity index is 224. The van der Waals surface area contributed by atoms with E-state index in [2.05, 4.69) is 27.6 Å². The third-order valence-corrected chi connectivity index (χ3v) is 2.04. The third kappa shape index (κ3) is 2.46. The second kappa shape index (κ2) is 4.08. The van der Waals surface area contributed by atoms with E-state index in [1.54, 1.807) is 7.11 Å². The van der Waals surface area contributed by atoms with Crippen molar-refractivity contribution in [3.8, 4) is 0 Å². The summed E-state index contributed by atoms with van der Waals surface area (Å²) in [7, 11) is 1.65. The van der Waals surface area contributed by atoms with Gasteiger partial charge in [-0.2, -0.15) is 0 Å². The largest absolute Gasteiger partial charge is 0.383 e. The number of nitrogens with one attached hydrogen (secondary N) is 1. The van der Waals surface area contributed by atoms with Crippen molar-refractivity contribution >= 4 is 22.6 Å². The molecule has 0 amide bonds. The van der Waals surface area contributed by atoms with E-state index in [4.69, 9.17) is 10.5 Å². The fourth-order valence-corrected chi connectivity index (χ4v) is 1.36. The highest BCUT2D eigenvalue weighted by atomic mass is 127. The molecule has 4 heteroatoms. The first-order valence-electron chi connectivity index (χ1n) is 3.32. The number of aromatic amines is 1. The van der Waals surface area contributed by atoms with E-state index in [1.807, 2.05) is 12.3 Å². The molecule has 0 aromatic carbocycles. The molecule has 0 aliphatic carbocycles. The number of aromatic nitrogens is 1. The van der Waals surface area contributed by atoms with Crippen LogP contribution in [0.3, 0.4) is 0 Å². The monoisotopic (exact) mass is 266 g/mol. The zero-order valence-corrected chi connectivity index (χ0v) is 8.46. The average molecular weight is 266 g/mol. The Balaban J connectivity index is 2.60. The Labute approximate surface area is 79.5 Å². The van der Waals surface area contributed by atoms with E-state index in [0.29, 0.717) is 6.61 Å². The van der Waals surface area contributed by atoms with Gasteiger partial charge in [-0.05, 0) is 28.7 Å². The van der Waals surface area contributed by atoms with Crippen LogP contribution in [0.15, 0.2) is 12.3 Å². The van der Waals surface area contributed by atoms with Crippen molar-refractivity contribution in [3.63, 3.8) is 0 Å². The molecule has 0 saturated heterocycles. The van der Waals surface area contributed by atoms with Gasteiger partial charge in [-0.15, -0.1) is 0 Å². The molecule has 0 spiro atoms. The fraction of sp³-hybridized carbons (Fsp3) is 0.429. The van der Waals surface area contributed by atoms with Gasteiger partial charge in [0.15, 0.2) is 0 Å². The molecule has 0 unspecified atom stereocenters. The van der Waals surface area contributed by atoms with Gasteiger partial charge in [0.1, 0.15) is 0 Å². The Morgan fingerprint density at radius 1 is 1.82 bits per heavy atom. The lowest BCUT2D eigenvalue weighted by Gasteiger charge is -2.06. The maximum atomic E-state index is 5.76. The quantitative estimate of drug-likeness (QED) is 0.809. The first-order chi connectivity index (χ1) is 5.24. The van der Waals surface area contributed by atoms with E-state index < -0.39 is 0 Å². The summed E-state index contributed by atoms with van der Waals surface area (Å²) >= 11 is 2.23. The molecule has 62 valence electrons. The molecule has 11 heavy (non-hydrogen) atoms. The summed E-state index contributed by atoms with van der Waals surface area (Å²) in [6.45, 7) is 0.552. The smallest absolute Gasteiger partial charge is 0.0685 e. The highest BCUT2D eigenvalue weighted by Gasteiger charge is 2.06. The molecule has 3 N–H and O–H groups in total. The SMILES string of the molecule is COC[C@@H](N)c1cc(I)c[nH]1. The zero-order valence-electron chi connectivity index (χ0n) is 6.30. The number of halogens is 1. The molecule has 1 rings (SSSR count). The van der Waals surface area contributed by atoms with E-state index >= 15 is 0 Å². The van der Waals surface area contributed by atoms with Gasteiger partial charge in [0.25, 0.3) is 0 Å². The lowest BCUT2D eigenvalue weighted by Crippen LogP contribution is -2.16. The molecule has 0 aliphatic heterocycles. The van der Waals surface area contributed by atoms with Gasteiger partial charge < -0.3 is 15.5 Å². The van der Waals surface area contributed by atoms with Gasteiger partial charge in [0.05, 0.1) is 12.6 Å². The van der Waals surface area contributed by atoms with Crippen LogP contribution in [0.1, 0.15) is 11.7 Å². The minimum atomic E-state index is -0.0384. The predicted octanol–water partition coefficient (Wildman–Crippen LogP) is 1.27. The average Bonchev–Trinajstić information content (AvgIpc) is 2.36. The van der Waals surface area contributed by atoms with Crippen molar-refractivity contribution in [3.05, 3.63) is 21.5 Å². The first-order valence-corrected chi connectivity index (χ1v) is 4.40. The molecule has 0 fully saturated rings. The van der Waals surface area contributed by atoms with E-state index in [-0.39, 0.29) is 6.04 Å². The number of hydrogen-bond donors (Lipinski definition) is 2. The number of rotatable bonds is 3. The van der Waals surface area contributed by atoms with Crippen molar-refractivity contribution in [1.82, 2.24) is 4.98 Å². The maximum Gasteiger partial charge on any atom is 0.0685 e. The highest BCUT2D eigenvalue weighted by Crippen LogP contribution is 2.12. The Kier molecular flexibility index (Phi) is 3.35. The van der Waals surface area contributed by atoms with Gasteiger partial charge in [-0.25, -0.2) is 0 Å². The van der Waals surface area contributed by atoms with Crippen LogP contribution in [0.5, 0.6) is 0 Å². The van der Waals surface area contributed by atoms with Crippen LogP contribution in [0.2, 0.25) is 0 Å². The summed E-state index contributed by atoms with van der Waals surface area (Å²) in [5.41, 5.74) is 6.78. The summed E-state index contributed by atoms with van der Waals surface area (Å²) in [6.07, 6.45) is 1.92. The predicted molar refractivity (Wildman–Crippen MR) is 52.3 cm³/mol. The summed E-state index contributed by atoms with van der Waals surface area (Å²) in [6, 6.07) is 1.98. The van der Waals surface area contributed by atoms with Gasteiger partial charge in [0.2, 0.25) is 0 Å². The lowest BCUT2D eigenvalue weighted by atomic mass is 10.2. The second-order valence-electron chi connectivity index (χ2n) is 2.34. The van der Waals surface area contributed by atoms with Gasteiger partial charge in [-0.3, -0.25) is 0 Å². The molecule has 1 aromatic rings. The minimum Gasteiger partial charge on any atom is -0.383 e. The number of ether oxygens (including phenoxy) is 1. The summed E-state index contributed by atoms with van der Waals surface area (Å²) < 4.78 is 6.09. The standard InChI is InChI=1S/C7H11IN2O/c1-11-4-6(9)7-2-5(8)3-10-7/h2-3,6,10H,4,9H2,1H3/t6-/m1/s1. The van der Waals surface area contributed by atoms with Crippen LogP contribution in [0, 0.1) is 3.57 Å².